The Labute approximate surface area is 170 Å². The van der Waals surface area contributed by atoms with Crippen molar-refractivity contribution in [2.75, 3.05) is 13.7 Å². The van der Waals surface area contributed by atoms with Crippen LogP contribution in [0, 0.1) is 0 Å². The van der Waals surface area contributed by atoms with Crippen LogP contribution in [-0.2, 0) is 22.7 Å². The molecule has 1 aromatic heterocycles. The predicted molar refractivity (Wildman–Crippen MR) is 108 cm³/mol. The van der Waals surface area contributed by atoms with Gasteiger partial charge in [0.2, 0.25) is 12.5 Å². The molecule has 0 aliphatic heterocycles. The lowest BCUT2D eigenvalue weighted by Gasteiger charge is -2.22. The number of hydrogen-bond acceptors (Lipinski definition) is 5. The molecule has 0 saturated heterocycles. The van der Waals surface area contributed by atoms with Crippen molar-refractivity contribution in [1.29, 1.82) is 0 Å². The fraction of sp³-hybridized carbons (Fsp3) is 0.333. The van der Waals surface area contributed by atoms with Crippen LogP contribution in [0.25, 0.3) is 0 Å². The minimum atomic E-state index is -0.207. The molecule has 0 fully saturated rings. The summed E-state index contributed by atoms with van der Waals surface area (Å²) in [4.78, 5) is 26.7. The Morgan fingerprint density at radius 3 is 2.41 bits per heavy atom. The number of ether oxygens (including phenoxy) is 1. The number of amides is 2. The number of benzene rings is 1. The molecule has 0 aliphatic carbocycles. The number of methoxy groups -OCH3 is 1. The van der Waals surface area contributed by atoms with Gasteiger partial charge < -0.3 is 20.2 Å². The van der Waals surface area contributed by atoms with Crippen LogP contribution in [0.15, 0.2) is 53.9 Å². The monoisotopic (exact) mass is 399 g/mol. The van der Waals surface area contributed by atoms with Gasteiger partial charge in [-0.1, -0.05) is 17.3 Å². The summed E-state index contributed by atoms with van der Waals surface area (Å²) < 4.78 is 6.87. The van der Waals surface area contributed by atoms with Crippen LogP contribution >= 0.6 is 0 Å². The van der Waals surface area contributed by atoms with Gasteiger partial charge in [-0.15, -0.1) is 0 Å². The number of pyridine rings is 1. The first-order valence-electron chi connectivity index (χ1n) is 9.28. The zero-order chi connectivity index (χ0) is 21.2. The maximum Gasteiger partial charge on any atom is 0.289 e. The average molecular weight is 399 g/mol. The number of nitrogens with zero attached hydrogens (tertiary/aromatic N) is 3. The summed E-state index contributed by atoms with van der Waals surface area (Å²) in [5.41, 5.74) is 1.61. The molecule has 0 spiro atoms. The van der Waals surface area contributed by atoms with E-state index in [1.807, 2.05) is 38.1 Å². The van der Waals surface area contributed by atoms with E-state index >= 15 is 0 Å². The standard InChI is InChI=1S/C21H26N4O4/c1-16(2)23-20(26)14-25(13-18-4-6-19(29-3)7-5-18)21(27)15-24-10-8-17(9-11-24)12-22-28/h4-12,16H,13-15H2,1-3H3,(H,23,26)/p+1. The van der Waals surface area contributed by atoms with Gasteiger partial charge in [0, 0.05) is 30.3 Å². The molecule has 0 atom stereocenters. The van der Waals surface area contributed by atoms with Gasteiger partial charge in [0.05, 0.1) is 13.3 Å². The lowest BCUT2D eigenvalue weighted by atomic mass is 10.2. The molecule has 0 radical (unpaired) electrons. The summed E-state index contributed by atoms with van der Waals surface area (Å²) >= 11 is 0. The molecule has 2 N–H and O–H groups in total. The van der Waals surface area contributed by atoms with Crippen LogP contribution < -0.4 is 14.6 Å². The van der Waals surface area contributed by atoms with Gasteiger partial charge >= 0.3 is 0 Å². The minimum absolute atomic E-state index is 0.00412. The number of hydrogen-bond donors (Lipinski definition) is 2. The molecule has 1 heterocycles. The van der Waals surface area contributed by atoms with Crippen LogP contribution in [0.3, 0.4) is 0 Å². The summed E-state index contributed by atoms with van der Waals surface area (Å²) in [5.74, 6) is 0.334. The third kappa shape index (κ3) is 7.25. The molecule has 0 unspecified atom stereocenters. The highest BCUT2D eigenvalue weighted by molar-refractivity contribution is 5.84. The fourth-order valence-corrected chi connectivity index (χ4v) is 2.71. The van der Waals surface area contributed by atoms with E-state index in [2.05, 4.69) is 10.5 Å². The van der Waals surface area contributed by atoms with E-state index < -0.39 is 0 Å². The summed E-state index contributed by atoms with van der Waals surface area (Å²) in [6.45, 7) is 4.12. The Bertz CT molecular complexity index is 833. The lowest BCUT2D eigenvalue weighted by molar-refractivity contribution is -0.685. The Morgan fingerprint density at radius 2 is 1.86 bits per heavy atom. The number of oxime groups is 1. The fourth-order valence-electron chi connectivity index (χ4n) is 2.71. The molecule has 154 valence electrons. The van der Waals surface area contributed by atoms with Gasteiger partial charge in [-0.05, 0) is 31.5 Å². The molecular formula is C21H27N4O4+. The first kappa shape index (κ1) is 21.9. The Balaban J connectivity index is 2.12. The Hall–Kier alpha value is -3.42. The lowest BCUT2D eigenvalue weighted by Crippen LogP contribution is -2.48. The Kier molecular flexibility index (Phi) is 8.14. The molecule has 2 aromatic rings. The number of carbonyl (C=O) groups is 2. The topological polar surface area (TPSA) is 95.1 Å². The van der Waals surface area contributed by atoms with Gasteiger partial charge in [-0.2, -0.15) is 4.57 Å². The van der Waals surface area contributed by atoms with Crippen molar-refractivity contribution in [2.24, 2.45) is 5.16 Å². The third-order valence-corrected chi connectivity index (χ3v) is 4.11. The summed E-state index contributed by atoms with van der Waals surface area (Å²) in [7, 11) is 1.59. The second-order valence-corrected chi connectivity index (χ2v) is 6.87. The van der Waals surface area contributed by atoms with Crippen molar-refractivity contribution in [1.82, 2.24) is 10.2 Å². The second-order valence-electron chi connectivity index (χ2n) is 6.87. The molecule has 2 rings (SSSR count). The highest BCUT2D eigenvalue weighted by Gasteiger charge is 2.21. The average Bonchev–Trinajstić information content (AvgIpc) is 2.69. The van der Waals surface area contributed by atoms with E-state index in [4.69, 9.17) is 9.94 Å². The zero-order valence-electron chi connectivity index (χ0n) is 16.9. The van der Waals surface area contributed by atoms with E-state index in [0.29, 0.717) is 12.1 Å². The first-order chi connectivity index (χ1) is 13.9. The summed E-state index contributed by atoms with van der Waals surface area (Å²) in [6, 6.07) is 10.8. The quantitative estimate of drug-likeness (QED) is 0.288. The molecule has 1 aromatic carbocycles. The van der Waals surface area contributed by atoms with Crippen molar-refractivity contribution < 1.29 is 24.1 Å². The maximum absolute atomic E-state index is 12.9. The van der Waals surface area contributed by atoms with Crippen molar-refractivity contribution >= 4 is 18.0 Å². The van der Waals surface area contributed by atoms with E-state index in [0.717, 1.165) is 11.3 Å². The molecule has 29 heavy (non-hydrogen) atoms. The number of carbonyl (C=O) groups excluding carboxylic acids is 2. The van der Waals surface area contributed by atoms with Gasteiger partial charge in [0.1, 0.15) is 12.3 Å². The normalized spacial score (nSPS) is 10.9. The first-order valence-corrected chi connectivity index (χ1v) is 9.28. The zero-order valence-corrected chi connectivity index (χ0v) is 16.9. The van der Waals surface area contributed by atoms with Crippen LogP contribution in [0.2, 0.25) is 0 Å². The Morgan fingerprint density at radius 1 is 1.21 bits per heavy atom. The van der Waals surface area contributed by atoms with E-state index in [1.54, 1.807) is 36.2 Å². The predicted octanol–water partition coefficient (Wildman–Crippen LogP) is 1.34. The van der Waals surface area contributed by atoms with Crippen LogP contribution in [0.1, 0.15) is 25.0 Å². The van der Waals surface area contributed by atoms with Gasteiger partial charge in [0.15, 0.2) is 12.4 Å². The van der Waals surface area contributed by atoms with Gasteiger partial charge in [-0.3, -0.25) is 9.59 Å². The third-order valence-electron chi connectivity index (χ3n) is 4.11. The van der Waals surface area contributed by atoms with Crippen molar-refractivity contribution in [3.63, 3.8) is 0 Å². The smallest absolute Gasteiger partial charge is 0.289 e. The van der Waals surface area contributed by atoms with Crippen molar-refractivity contribution in [3.05, 3.63) is 59.9 Å². The number of rotatable bonds is 9. The minimum Gasteiger partial charge on any atom is -0.497 e. The van der Waals surface area contributed by atoms with Crippen molar-refractivity contribution in [2.45, 2.75) is 33.0 Å². The van der Waals surface area contributed by atoms with Crippen molar-refractivity contribution in [3.8, 4) is 5.75 Å². The SMILES string of the molecule is COc1ccc(CN(CC(=O)NC(C)C)C(=O)C[n+]2ccc(/C=N\O)cc2)cc1. The van der Waals surface area contributed by atoms with Crippen LogP contribution in [0.4, 0.5) is 0 Å². The van der Waals surface area contributed by atoms with Crippen LogP contribution in [-0.4, -0.2) is 47.8 Å². The van der Waals surface area contributed by atoms with Gasteiger partial charge in [0.25, 0.3) is 5.91 Å². The number of aromatic nitrogens is 1. The highest BCUT2D eigenvalue weighted by Crippen LogP contribution is 2.13. The van der Waals surface area contributed by atoms with E-state index in [1.165, 1.54) is 11.1 Å². The summed E-state index contributed by atoms with van der Waals surface area (Å²) in [5, 5.41) is 14.4. The van der Waals surface area contributed by atoms with E-state index in [9.17, 15) is 9.59 Å². The molecule has 0 saturated carbocycles. The largest absolute Gasteiger partial charge is 0.497 e. The highest BCUT2D eigenvalue weighted by atomic mass is 16.5. The number of nitrogens with one attached hydrogen (secondary N) is 1. The molecule has 2 amide bonds. The van der Waals surface area contributed by atoms with Gasteiger partial charge in [-0.25, -0.2) is 0 Å². The second kappa shape index (κ2) is 10.8. The van der Waals surface area contributed by atoms with E-state index in [-0.39, 0.29) is 30.9 Å². The molecule has 8 heteroatoms. The molecular weight excluding hydrogens is 372 g/mol. The maximum atomic E-state index is 12.9. The van der Waals surface area contributed by atoms with Crippen LogP contribution in [0.5, 0.6) is 5.75 Å². The molecule has 0 aliphatic rings. The summed E-state index contributed by atoms with van der Waals surface area (Å²) in [6.07, 6.45) is 4.74. The molecule has 0 bridgehead atoms. The molecule has 8 nitrogen and oxygen atoms in total.